The highest BCUT2D eigenvalue weighted by molar-refractivity contribution is 6.30. The van der Waals surface area contributed by atoms with Gasteiger partial charge in [-0.25, -0.2) is 4.68 Å². The lowest BCUT2D eigenvalue weighted by Gasteiger charge is -2.08. The summed E-state index contributed by atoms with van der Waals surface area (Å²) in [6, 6.07) is 17.1. The zero-order valence-corrected chi connectivity index (χ0v) is 15.0. The van der Waals surface area contributed by atoms with Gasteiger partial charge in [0.15, 0.2) is 0 Å². The highest BCUT2D eigenvalue weighted by atomic mass is 35.5. The van der Waals surface area contributed by atoms with Gasteiger partial charge in [0.2, 0.25) is 0 Å². The molecule has 3 rings (SSSR count). The Bertz CT molecular complexity index is 867. The van der Waals surface area contributed by atoms with E-state index in [1.807, 2.05) is 73.1 Å². The summed E-state index contributed by atoms with van der Waals surface area (Å²) in [6.45, 7) is 4.56. The molecule has 25 heavy (non-hydrogen) atoms. The molecular formula is C20H20ClN3O. The van der Waals surface area contributed by atoms with Crippen LogP contribution in [0.25, 0.3) is 5.69 Å². The Morgan fingerprint density at radius 2 is 1.76 bits per heavy atom. The standard InChI is InChI=1S/C20H20ClN3O/c1-14-13-15(2)24(23-14)19-9-5-17(6-10-19)20(25)22-12-11-16-3-7-18(21)8-4-16/h3-10,13H,11-12H2,1-2H3,(H,22,25). The van der Waals surface area contributed by atoms with Crippen molar-refractivity contribution in [2.75, 3.05) is 6.54 Å². The van der Waals surface area contributed by atoms with Gasteiger partial charge in [0, 0.05) is 22.8 Å². The third kappa shape index (κ3) is 4.28. The first-order valence-electron chi connectivity index (χ1n) is 8.19. The second-order valence-corrected chi connectivity index (χ2v) is 6.45. The highest BCUT2D eigenvalue weighted by Crippen LogP contribution is 2.13. The van der Waals surface area contributed by atoms with Crippen LogP contribution in [0.15, 0.2) is 54.6 Å². The van der Waals surface area contributed by atoms with E-state index in [-0.39, 0.29) is 5.91 Å². The molecule has 1 amide bonds. The van der Waals surface area contributed by atoms with Crippen LogP contribution in [0.5, 0.6) is 0 Å². The van der Waals surface area contributed by atoms with Crippen molar-refractivity contribution in [3.05, 3.63) is 82.1 Å². The van der Waals surface area contributed by atoms with Crippen LogP contribution in [0.3, 0.4) is 0 Å². The Morgan fingerprint density at radius 3 is 2.36 bits per heavy atom. The number of aromatic nitrogens is 2. The summed E-state index contributed by atoms with van der Waals surface area (Å²) < 4.78 is 1.87. The zero-order valence-electron chi connectivity index (χ0n) is 14.3. The maximum Gasteiger partial charge on any atom is 0.251 e. The third-order valence-electron chi connectivity index (χ3n) is 4.00. The lowest BCUT2D eigenvalue weighted by atomic mass is 10.1. The smallest absolute Gasteiger partial charge is 0.251 e. The van der Waals surface area contributed by atoms with Crippen molar-refractivity contribution in [3.63, 3.8) is 0 Å². The molecule has 0 spiro atoms. The number of amides is 1. The minimum absolute atomic E-state index is 0.0751. The molecule has 1 N–H and O–H groups in total. The Kier molecular flexibility index (Phi) is 5.19. The molecule has 0 fully saturated rings. The van der Waals surface area contributed by atoms with Crippen molar-refractivity contribution in [2.45, 2.75) is 20.3 Å². The molecule has 0 saturated heterocycles. The lowest BCUT2D eigenvalue weighted by Crippen LogP contribution is -2.25. The Labute approximate surface area is 152 Å². The summed E-state index contributed by atoms with van der Waals surface area (Å²) in [4.78, 5) is 12.3. The number of benzene rings is 2. The summed E-state index contributed by atoms with van der Waals surface area (Å²) in [7, 11) is 0. The fraction of sp³-hybridized carbons (Fsp3) is 0.200. The minimum Gasteiger partial charge on any atom is -0.352 e. The molecule has 2 aromatic carbocycles. The maximum absolute atomic E-state index is 12.3. The number of nitrogens with one attached hydrogen (secondary N) is 1. The number of nitrogens with zero attached hydrogens (tertiary/aromatic N) is 2. The molecule has 0 aliphatic carbocycles. The van der Waals surface area contributed by atoms with Crippen molar-refractivity contribution in [1.29, 1.82) is 0 Å². The van der Waals surface area contributed by atoms with Crippen LogP contribution in [0.1, 0.15) is 27.3 Å². The monoisotopic (exact) mass is 353 g/mol. The normalized spacial score (nSPS) is 10.7. The van der Waals surface area contributed by atoms with E-state index in [0.29, 0.717) is 12.1 Å². The van der Waals surface area contributed by atoms with E-state index < -0.39 is 0 Å². The number of carbonyl (C=O) groups is 1. The van der Waals surface area contributed by atoms with Crippen LogP contribution in [-0.2, 0) is 6.42 Å². The zero-order chi connectivity index (χ0) is 17.8. The maximum atomic E-state index is 12.3. The molecule has 3 aromatic rings. The molecular weight excluding hydrogens is 334 g/mol. The molecule has 1 aromatic heterocycles. The number of halogens is 1. The van der Waals surface area contributed by atoms with Gasteiger partial charge >= 0.3 is 0 Å². The predicted octanol–water partition coefficient (Wildman–Crippen LogP) is 4.12. The Hall–Kier alpha value is -2.59. The summed E-state index contributed by atoms with van der Waals surface area (Å²) in [5, 5.41) is 8.11. The van der Waals surface area contributed by atoms with Gasteiger partial charge in [-0.2, -0.15) is 5.10 Å². The van der Waals surface area contributed by atoms with E-state index in [2.05, 4.69) is 10.4 Å². The van der Waals surface area contributed by atoms with Crippen LogP contribution >= 0.6 is 11.6 Å². The highest BCUT2D eigenvalue weighted by Gasteiger charge is 2.07. The van der Waals surface area contributed by atoms with E-state index in [0.717, 1.165) is 34.1 Å². The van der Waals surface area contributed by atoms with Gasteiger partial charge in [0.05, 0.1) is 11.4 Å². The molecule has 128 valence electrons. The number of hydrogen-bond acceptors (Lipinski definition) is 2. The molecule has 1 heterocycles. The first-order valence-corrected chi connectivity index (χ1v) is 8.57. The number of carbonyl (C=O) groups excluding carboxylic acids is 1. The number of aryl methyl sites for hydroxylation is 2. The summed E-state index contributed by atoms with van der Waals surface area (Å²) in [6.07, 6.45) is 0.771. The van der Waals surface area contributed by atoms with Crippen LogP contribution < -0.4 is 5.32 Å². The molecule has 0 aliphatic rings. The molecule has 5 heteroatoms. The van der Waals surface area contributed by atoms with Crippen LogP contribution in [0.4, 0.5) is 0 Å². The Morgan fingerprint density at radius 1 is 1.08 bits per heavy atom. The largest absolute Gasteiger partial charge is 0.352 e. The SMILES string of the molecule is Cc1cc(C)n(-c2ccc(C(=O)NCCc3ccc(Cl)cc3)cc2)n1. The fourth-order valence-corrected chi connectivity index (χ4v) is 2.84. The molecule has 0 unspecified atom stereocenters. The van der Waals surface area contributed by atoms with Gasteiger partial charge in [-0.3, -0.25) is 4.79 Å². The second kappa shape index (κ2) is 7.53. The van der Waals surface area contributed by atoms with E-state index in [1.54, 1.807) is 0 Å². The van der Waals surface area contributed by atoms with Crippen molar-refractivity contribution < 1.29 is 4.79 Å². The fourth-order valence-electron chi connectivity index (χ4n) is 2.72. The van der Waals surface area contributed by atoms with Gasteiger partial charge in [-0.05, 0) is 68.3 Å². The molecule has 0 saturated carbocycles. The van der Waals surface area contributed by atoms with E-state index in [4.69, 9.17) is 11.6 Å². The van der Waals surface area contributed by atoms with Crippen molar-refractivity contribution >= 4 is 17.5 Å². The molecule has 0 atom stereocenters. The van der Waals surface area contributed by atoms with Crippen LogP contribution in [0, 0.1) is 13.8 Å². The van der Waals surface area contributed by atoms with E-state index >= 15 is 0 Å². The van der Waals surface area contributed by atoms with Crippen LogP contribution in [0.2, 0.25) is 5.02 Å². The quantitative estimate of drug-likeness (QED) is 0.750. The Balaban J connectivity index is 1.59. The van der Waals surface area contributed by atoms with Gasteiger partial charge in [-0.1, -0.05) is 23.7 Å². The summed E-state index contributed by atoms with van der Waals surface area (Å²) in [5.74, 6) is -0.0751. The lowest BCUT2D eigenvalue weighted by molar-refractivity contribution is 0.0954. The van der Waals surface area contributed by atoms with Gasteiger partial charge in [-0.15, -0.1) is 0 Å². The van der Waals surface area contributed by atoms with Crippen molar-refractivity contribution in [2.24, 2.45) is 0 Å². The topological polar surface area (TPSA) is 46.9 Å². The van der Waals surface area contributed by atoms with Gasteiger partial charge in [0.1, 0.15) is 0 Å². The van der Waals surface area contributed by atoms with Crippen molar-refractivity contribution in [1.82, 2.24) is 15.1 Å². The van der Waals surface area contributed by atoms with Crippen molar-refractivity contribution in [3.8, 4) is 5.69 Å². The van der Waals surface area contributed by atoms with Gasteiger partial charge < -0.3 is 5.32 Å². The molecule has 0 radical (unpaired) electrons. The number of rotatable bonds is 5. The minimum atomic E-state index is -0.0751. The summed E-state index contributed by atoms with van der Waals surface area (Å²) in [5.41, 5.74) is 4.77. The van der Waals surface area contributed by atoms with Gasteiger partial charge in [0.25, 0.3) is 5.91 Å². The van der Waals surface area contributed by atoms with Crippen LogP contribution in [-0.4, -0.2) is 22.2 Å². The van der Waals surface area contributed by atoms with E-state index in [1.165, 1.54) is 0 Å². The predicted molar refractivity (Wildman–Crippen MR) is 101 cm³/mol. The summed E-state index contributed by atoms with van der Waals surface area (Å²) >= 11 is 5.87. The first kappa shape index (κ1) is 17.2. The first-order chi connectivity index (χ1) is 12.0. The average Bonchev–Trinajstić information content (AvgIpc) is 2.95. The molecule has 0 bridgehead atoms. The second-order valence-electron chi connectivity index (χ2n) is 6.02. The number of hydrogen-bond donors (Lipinski definition) is 1. The van der Waals surface area contributed by atoms with E-state index in [9.17, 15) is 4.79 Å². The molecule has 0 aliphatic heterocycles. The molecule has 4 nitrogen and oxygen atoms in total. The third-order valence-corrected chi connectivity index (χ3v) is 4.25. The average molecular weight is 354 g/mol.